The Labute approximate surface area is 134 Å². The van der Waals surface area contributed by atoms with Crippen LogP contribution in [0.2, 0.25) is 0 Å². The monoisotopic (exact) mass is 304 g/mol. The number of carbonyl (C=O) groups is 1. The first-order chi connectivity index (χ1) is 10.5. The Bertz CT molecular complexity index is 446. The van der Waals surface area contributed by atoms with Gasteiger partial charge in [0.1, 0.15) is 6.10 Å². The fourth-order valence-corrected chi connectivity index (χ4v) is 3.44. The topological polar surface area (TPSA) is 32.8 Å². The lowest BCUT2D eigenvalue weighted by Gasteiger charge is -2.48. The van der Waals surface area contributed by atoms with Crippen LogP contribution in [0.5, 0.6) is 0 Å². The van der Waals surface area contributed by atoms with Gasteiger partial charge in [0.2, 0.25) is 0 Å². The molecule has 2 aliphatic heterocycles. The van der Waals surface area contributed by atoms with Gasteiger partial charge < -0.3 is 14.5 Å². The van der Waals surface area contributed by atoms with E-state index in [0.717, 1.165) is 45.4 Å². The second-order valence-electron chi connectivity index (χ2n) is 6.41. The number of morpholine rings is 1. The van der Waals surface area contributed by atoms with Crippen LogP contribution >= 0.6 is 0 Å². The molecule has 0 bridgehead atoms. The molecular weight excluding hydrogens is 276 g/mol. The summed E-state index contributed by atoms with van der Waals surface area (Å²) in [4.78, 5) is 16.1. The molecule has 2 heterocycles. The molecule has 0 radical (unpaired) electrons. The molecular formula is C18H28N2O2. The summed E-state index contributed by atoms with van der Waals surface area (Å²) in [5, 5.41) is 0. The predicted molar refractivity (Wildman–Crippen MR) is 89.7 cm³/mol. The maximum absolute atomic E-state index is 11.9. The van der Waals surface area contributed by atoms with E-state index in [1.807, 2.05) is 37.1 Å². The van der Waals surface area contributed by atoms with E-state index in [1.54, 1.807) is 0 Å². The Morgan fingerprint density at radius 1 is 1.41 bits per heavy atom. The highest BCUT2D eigenvalue weighted by molar-refractivity contribution is 5.81. The van der Waals surface area contributed by atoms with E-state index in [-0.39, 0.29) is 17.6 Å². The Morgan fingerprint density at radius 2 is 2.09 bits per heavy atom. The van der Waals surface area contributed by atoms with Gasteiger partial charge in [-0.05, 0) is 31.8 Å². The lowest BCUT2D eigenvalue weighted by Crippen LogP contribution is -2.60. The molecule has 1 atom stereocenters. The number of hydrogen-bond donors (Lipinski definition) is 0. The maximum Gasteiger partial charge on any atom is 0.251 e. The molecule has 0 aliphatic carbocycles. The molecule has 22 heavy (non-hydrogen) atoms. The maximum atomic E-state index is 11.9. The first-order valence-corrected chi connectivity index (χ1v) is 8.09. The van der Waals surface area contributed by atoms with Crippen molar-refractivity contribution in [1.29, 1.82) is 0 Å². The fraction of sp³-hybridized carbons (Fsp3) is 0.611. The third-order valence-electron chi connectivity index (χ3n) is 4.75. The molecule has 0 aromatic carbocycles. The Morgan fingerprint density at radius 3 is 2.64 bits per heavy atom. The van der Waals surface area contributed by atoms with Crippen LogP contribution in [0.4, 0.5) is 0 Å². The van der Waals surface area contributed by atoms with Gasteiger partial charge in [-0.25, -0.2) is 0 Å². The lowest BCUT2D eigenvalue weighted by atomic mass is 9.88. The highest BCUT2D eigenvalue weighted by Gasteiger charge is 2.43. The second-order valence-corrected chi connectivity index (χ2v) is 6.41. The van der Waals surface area contributed by atoms with Crippen LogP contribution in [0.25, 0.3) is 0 Å². The standard InChI is InChI=1S/C18H28N2O2/c1-5-7-16(6-2)8-11-20-12-9-18(10-13-20)14-19(4)17(21)15(3)22-18/h5-7,15H,1-2,8-14H2,3-4H3/b16-7+. The van der Waals surface area contributed by atoms with Crippen LogP contribution in [0.15, 0.2) is 37.0 Å². The van der Waals surface area contributed by atoms with Crippen LogP contribution in [0, 0.1) is 0 Å². The van der Waals surface area contributed by atoms with E-state index < -0.39 is 0 Å². The minimum Gasteiger partial charge on any atom is -0.360 e. The molecule has 2 aliphatic rings. The number of carbonyl (C=O) groups excluding carboxylic acids is 1. The van der Waals surface area contributed by atoms with E-state index in [9.17, 15) is 4.79 Å². The molecule has 0 aromatic rings. The number of hydrogen-bond acceptors (Lipinski definition) is 3. The Balaban J connectivity index is 1.85. The third-order valence-corrected chi connectivity index (χ3v) is 4.75. The second kappa shape index (κ2) is 7.25. The van der Waals surface area contributed by atoms with Crippen molar-refractivity contribution in [2.45, 2.75) is 37.9 Å². The third kappa shape index (κ3) is 3.87. The molecule has 4 nitrogen and oxygen atoms in total. The van der Waals surface area contributed by atoms with Gasteiger partial charge in [-0.1, -0.05) is 31.4 Å². The van der Waals surface area contributed by atoms with E-state index >= 15 is 0 Å². The highest BCUT2D eigenvalue weighted by atomic mass is 16.5. The van der Waals surface area contributed by atoms with Gasteiger partial charge in [-0.2, -0.15) is 0 Å². The zero-order valence-corrected chi connectivity index (χ0v) is 13.9. The fourth-order valence-electron chi connectivity index (χ4n) is 3.44. The van der Waals surface area contributed by atoms with Crippen molar-refractivity contribution < 1.29 is 9.53 Å². The largest absolute Gasteiger partial charge is 0.360 e. The summed E-state index contributed by atoms with van der Waals surface area (Å²) < 4.78 is 6.07. The summed E-state index contributed by atoms with van der Waals surface area (Å²) in [6, 6.07) is 0. The average Bonchev–Trinajstić information content (AvgIpc) is 2.51. The first-order valence-electron chi connectivity index (χ1n) is 8.09. The van der Waals surface area contributed by atoms with Crippen LogP contribution < -0.4 is 0 Å². The van der Waals surface area contributed by atoms with Crippen molar-refractivity contribution in [1.82, 2.24) is 9.80 Å². The molecule has 1 unspecified atom stereocenters. The van der Waals surface area contributed by atoms with Gasteiger partial charge >= 0.3 is 0 Å². The Kier molecular flexibility index (Phi) is 5.59. The van der Waals surface area contributed by atoms with Gasteiger partial charge in [0.25, 0.3) is 5.91 Å². The van der Waals surface area contributed by atoms with Gasteiger partial charge in [0.05, 0.1) is 5.60 Å². The quantitative estimate of drug-likeness (QED) is 0.731. The minimum absolute atomic E-state index is 0.0956. The molecule has 2 fully saturated rings. The Hall–Kier alpha value is -1.39. The normalized spacial score (nSPS) is 26.3. The number of nitrogens with zero attached hydrogens (tertiary/aromatic N) is 2. The molecule has 4 heteroatoms. The van der Waals surface area contributed by atoms with Crippen LogP contribution in [0.1, 0.15) is 26.2 Å². The van der Waals surface area contributed by atoms with Crippen molar-refractivity contribution in [3.63, 3.8) is 0 Å². The average molecular weight is 304 g/mol. The molecule has 0 N–H and O–H groups in total. The number of piperidine rings is 1. The summed E-state index contributed by atoms with van der Waals surface area (Å²) in [5.74, 6) is 0.0956. The molecule has 2 rings (SSSR count). The minimum atomic E-state index is -0.312. The zero-order chi connectivity index (χ0) is 16.2. The van der Waals surface area contributed by atoms with Crippen molar-refractivity contribution in [3.8, 4) is 0 Å². The smallest absolute Gasteiger partial charge is 0.251 e. The number of ether oxygens (including phenoxy) is 1. The summed E-state index contributed by atoms with van der Waals surface area (Å²) >= 11 is 0. The van der Waals surface area contributed by atoms with E-state index in [1.165, 1.54) is 5.57 Å². The van der Waals surface area contributed by atoms with Crippen molar-refractivity contribution in [2.24, 2.45) is 0 Å². The summed E-state index contributed by atoms with van der Waals surface area (Å²) in [7, 11) is 1.88. The molecule has 0 saturated carbocycles. The molecule has 0 aromatic heterocycles. The van der Waals surface area contributed by atoms with Gasteiger partial charge in [-0.3, -0.25) is 4.79 Å². The first kappa shape index (κ1) is 17.0. The molecule has 122 valence electrons. The number of amides is 1. The lowest BCUT2D eigenvalue weighted by molar-refractivity contribution is -0.186. The summed E-state index contributed by atoms with van der Waals surface area (Å²) in [5.41, 5.74) is 1.08. The summed E-state index contributed by atoms with van der Waals surface area (Å²) in [6.45, 7) is 13.2. The van der Waals surface area contributed by atoms with Crippen molar-refractivity contribution in [3.05, 3.63) is 37.0 Å². The zero-order valence-electron chi connectivity index (χ0n) is 13.9. The number of allylic oxidation sites excluding steroid dienone is 3. The van der Waals surface area contributed by atoms with Crippen molar-refractivity contribution in [2.75, 3.05) is 33.2 Å². The number of likely N-dealkylation sites (N-methyl/N-ethyl adjacent to an activating group) is 1. The van der Waals surface area contributed by atoms with Crippen molar-refractivity contribution >= 4 is 5.91 Å². The van der Waals surface area contributed by atoms with E-state index in [2.05, 4.69) is 18.1 Å². The van der Waals surface area contributed by atoms with Gasteiger partial charge in [0, 0.05) is 33.2 Å². The highest BCUT2D eigenvalue weighted by Crippen LogP contribution is 2.32. The van der Waals surface area contributed by atoms with Gasteiger partial charge in [-0.15, -0.1) is 0 Å². The van der Waals surface area contributed by atoms with E-state index in [0.29, 0.717) is 0 Å². The van der Waals surface area contributed by atoms with Crippen LogP contribution in [-0.4, -0.2) is 60.6 Å². The van der Waals surface area contributed by atoms with Gasteiger partial charge in [0.15, 0.2) is 0 Å². The number of likely N-dealkylation sites (tertiary alicyclic amines) is 1. The number of rotatable bonds is 5. The molecule has 2 saturated heterocycles. The SMILES string of the molecule is C=C/C=C(\C=C)CCN1CCC2(CC1)CN(C)C(=O)C(C)O2. The predicted octanol–water partition coefficient (Wildman–Crippen LogP) is 2.39. The van der Waals surface area contributed by atoms with Crippen LogP contribution in [0.3, 0.4) is 0 Å². The summed E-state index contributed by atoms with van der Waals surface area (Å²) in [6.07, 6.45) is 8.40. The van der Waals surface area contributed by atoms with Crippen LogP contribution in [-0.2, 0) is 9.53 Å². The van der Waals surface area contributed by atoms with E-state index in [4.69, 9.17) is 4.74 Å². The molecule has 1 amide bonds. The molecule has 1 spiro atoms.